The molecule has 0 unspecified atom stereocenters. The molecule has 6 nitrogen and oxygen atoms in total. The predicted molar refractivity (Wildman–Crippen MR) is 106 cm³/mol. The van der Waals surface area contributed by atoms with Crippen LogP contribution in [-0.2, 0) is 13.1 Å². The van der Waals surface area contributed by atoms with E-state index in [1.54, 1.807) is 61.1 Å². The zero-order chi connectivity index (χ0) is 19.2. The summed E-state index contributed by atoms with van der Waals surface area (Å²) in [6.45, 7) is 0.524. The number of hydrogen-bond donors (Lipinski definition) is 2. The van der Waals surface area contributed by atoms with E-state index in [4.69, 9.17) is 23.2 Å². The molecule has 0 saturated carbocycles. The van der Waals surface area contributed by atoms with Crippen LogP contribution in [0.25, 0.3) is 0 Å². The third-order valence-corrected chi connectivity index (χ3v) is 4.57. The van der Waals surface area contributed by atoms with Gasteiger partial charge in [-0.2, -0.15) is 0 Å². The van der Waals surface area contributed by atoms with Crippen LogP contribution < -0.4 is 16.2 Å². The number of amides is 2. The molecule has 1 aromatic carbocycles. The molecule has 0 spiro atoms. The summed E-state index contributed by atoms with van der Waals surface area (Å²) in [5.41, 5.74) is 1.35. The Morgan fingerprint density at radius 1 is 1.04 bits per heavy atom. The van der Waals surface area contributed by atoms with Crippen molar-refractivity contribution in [3.63, 3.8) is 0 Å². The number of rotatable bonds is 5. The van der Waals surface area contributed by atoms with Crippen LogP contribution in [-0.4, -0.2) is 15.6 Å². The molecule has 0 aliphatic carbocycles. The van der Waals surface area contributed by atoms with Gasteiger partial charge in [-0.1, -0.05) is 29.3 Å². The minimum atomic E-state index is -0.475. The number of halogens is 2. The lowest BCUT2D eigenvalue weighted by Gasteiger charge is -2.12. The number of carbonyl (C=O) groups excluding carboxylic acids is 1. The first-order chi connectivity index (χ1) is 13.0. The molecule has 3 rings (SSSR count). The fourth-order valence-corrected chi connectivity index (χ4v) is 2.98. The average molecular weight is 403 g/mol. The topological polar surface area (TPSA) is 76.0 Å². The molecule has 27 heavy (non-hydrogen) atoms. The Morgan fingerprint density at radius 2 is 1.74 bits per heavy atom. The van der Waals surface area contributed by atoms with Gasteiger partial charge in [-0.05, 0) is 42.0 Å². The number of hydrogen-bond acceptors (Lipinski definition) is 3. The molecule has 0 radical (unpaired) electrons. The van der Waals surface area contributed by atoms with Gasteiger partial charge in [0.25, 0.3) is 5.56 Å². The molecule has 0 atom stereocenters. The quantitative estimate of drug-likeness (QED) is 0.678. The first-order valence-electron chi connectivity index (χ1n) is 8.10. The standard InChI is InChI=1S/C19H16Cl2N4O2/c20-15-3-1-4-16(21)14(15)12-25-10-2-5-17(18(25)26)24-19(27)23-11-13-6-8-22-9-7-13/h1-10H,11-12H2,(H2,23,24,27). The molecule has 3 aromatic rings. The van der Waals surface area contributed by atoms with Crippen LogP contribution in [0.4, 0.5) is 10.5 Å². The minimum absolute atomic E-state index is 0.160. The van der Waals surface area contributed by atoms with Crippen LogP contribution in [0.2, 0.25) is 10.0 Å². The van der Waals surface area contributed by atoms with Gasteiger partial charge in [0.1, 0.15) is 5.69 Å². The summed E-state index contributed by atoms with van der Waals surface area (Å²) in [7, 11) is 0. The van der Waals surface area contributed by atoms with E-state index in [-0.39, 0.29) is 17.8 Å². The summed E-state index contributed by atoms with van der Waals surface area (Å²) in [5, 5.41) is 6.21. The zero-order valence-corrected chi connectivity index (χ0v) is 15.7. The van der Waals surface area contributed by atoms with Gasteiger partial charge in [-0.3, -0.25) is 9.78 Å². The van der Waals surface area contributed by atoms with Crippen molar-refractivity contribution < 1.29 is 4.79 Å². The minimum Gasteiger partial charge on any atom is -0.334 e. The lowest BCUT2D eigenvalue weighted by Crippen LogP contribution is -2.32. The Kier molecular flexibility index (Phi) is 6.11. The van der Waals surface area contributed by atoms with Crippen LogP contribution >= 0.6 is 23.2 Å². The van der Waals surface area contributed by atoms with Crippen molar-refractivity contribution in [2.45, 2.75) is 13.1 Å². The number of nitrogens with one attached hydrogen (secondary N) is 2. The molecule has 2 amide bonds. The van der Waals surface area contributed by atoms with Crippen molar-refractivity contribution in [3.05, 3.63) is 92.6 Å². The maximum absolute atomic E-state index is 12.6. The van der Waals surface area contributed by atoms with Crippen molar-refractivity contribution in [2.24, 2.45) is 0 Å². The molecule has 0 fully saturated rings. The molecular weight excluding hydrogens is 387 g/mol. The molecular formula is C19H16Cl2N4O2. The lowest BCUT2D eigenvalue weighted by molar-refractivity contribution is 0.251. The summed E-state index contributed by atoms with van der Waals surface area (Å²) in [6.07, 6.45) is 4.90. The smallest absolute Gasteiger partial charge is 0.319 e. The highest BCUT2D eigenvalue weighted by molar-refractivity contribution is 6.35. The summed E-state index contributed by atoms with van der Waals surface area (Å²) in [6, 6.07) is 11.5. The fourth-order valence-electron chi connectivity index (χ4n) is 2.46. The third-order valence-electron chi connectivity index (χ3n) is 3.86. The lowest BCUT2D eigenvalue weighted by atomic mass is 10.2. The highest BCUT2D eigenvalue weighted by Gasteiger charge is 2.11. The average Bonchev–Trinajstić information content (AvgIpc) is 2.67. The molecule has 2 heterocycles. The summed E-state index contributed by atoms with van der Waals surface area (Å²) in [4.78, 5) is 28.6. The first kappa shape index (κ1) is 18.9. The molecule has 0 aliphatic heterocycles. The van der Waals surface area contributed by atoms with E-state index in [9.17, 15) is 9.59 Å². The normalized spacial score (nSPS) is 10.4. The number of pyridine rings is 2. The summed E-state index contributed by atoms with van der Waals surface area (Å²) >= 11 is 12.3. The summed E-state index contributed by atoms with van der Waals surface area (Å²) in [5.74, 6) is 0. The second-order valence-corrected chi connectivity index (χ2v) is 6.53. The number of nitrogens with zero attached hydrogens (tertiary/aromatic N) is 2. The van der Waals surface area contributed by atoms with Crippen molar-refractivity contribution in [3.8, 4) is 0 Å². The maximum atomic E-state index is 12.6. The number of carbonyl (C=O) groups is 1. The number of urea groups is 1. The van der Waals surface area contributed by atoms with E-state index in [2.05, 4.69) is 15.6 Å². The number of benzene rings is 1. The Morgan fingerprint density at radius 3 is 2.44 bits per heavy atom. The van der Waals surface area contributed by atoms with Crippen molar-refractivity contribution in [1.29, 1.82) is 0 Å². The van der Waals surface area contributed by atoms with Gasteiger partial charge < -0.3 is 15.2 Å². The van der Waals surface area contributed by atoms with E-state index in [1.807, 2.05) is 0 Å². The maximum Gasteiger partial charge on any atom is 0.319 e. The molecule has 0 bridgehead atoms. The Bertz CT molecular complexity index is 986. The van der Waals surface area contributed by atoms with Crippen LogP contribution in [0, 0.1) is 0 Å². The second kappa shape index (κ2) is 8.70. The van der Waals surface area contributed by atoms with E-state index in [0.29, 0.717) is 22.2 Å². The van der Waals surface area contributed by atoms with E-state index in [1.165, 1.54) is 4.57 Å². The second-order valence-electron chi connectivity index (χ2n) is 5.72. The SMILES string of the molecule is O=C(NCc1ccncc1)Nc1cccn(Cc2c(Cl)cccc2Cl)c1=O. The van der Waals surface area contributed by atoms with Gasteiger partial charge in [0, 0.05) is 40.7 Å². The van der Waals surface area contributed by atoms with Gasteiger partial charge in [-0.15, -0.1) is 0 Å². The fraction of sp³-hybridized carbons (Fsp3) is 0.105. The predicted octanol–water partition coefficient (Wildman–Crippen LogP) is 3.92. The molecule has 138 valence electrons. The highest BCUT2D eigenvalue weighted by atomic mass is 35.5. The van der Waals surface area contributed by atoms with Gasteiger partial charge in [0.2, 0.25) is 0 Å². The highest BCUT2D eigenvalue weighted by Crippen LogP contribution is 2.24. The van der Waals surface area contributed by atoms with Crippen molar-refractivity contribution in [2.75, 3.05) is 5.32 Å². The Hall–Kier alpha value is -2.83. The van der Waals surface area contributed by atoms with Crippen molar-refractivity contribution in [1.82, 2.24) is 14.9 Å². The van der Waals surface area contributed by atoms with Gasteiger partial charge in [0.15, 0.2) is 0 Å². The summed E-state index contributed by atoms with van der Waals surface area (Å²) < 4.78 is 1.44. The molecule has 0 aliphatic rings. The number of anilines is 1. The molecule has 0 saturated heterocycles. The zero-order valence-electron chi connectivity index (χ0n) is 14.2. The van der Waals surface area contributed by atoms with Gasteiger partial charge in [0.05, 0.1) is 6.54 Å². The molecule has 8 heteroatoms. The number of aromatic nitrogens is 2. The third kappa shape index (κ3) is 4.87. The molecule has 2 N–H and O–H groups in total. The first-order valence-corrected chi connectivity index (χ1v) is 8.86. The van der Waals surface area contributed by atoms with Gasteiger partial charge in [-0.25, -0.2) is 4.79 Å². The Labute approximate surface area is 165 Å². The van der Waals surface area contributed by atoms with E-state index >= 15 is 0 Å². The van der Waals surface area contributed by atoms with Crippen LogP contribution in [0.1, 0.15) is 11.1 Å². The Balaban J connectivity index is 1.71. The van der Waals surface area contributed by atoms with Gasteiger partial charge >= 0.3 is 6.03 Å². The van der Waals surface area contributed by atoms with E-state index in [0.717, 1.165) is 5.56 Å². The largest absolute Gasteiger partial charge is 0.334 e. The molecule has 2 aromatic heterocycles. The van der Waals surface area contributed by atoms with E-state index < -0.39 is 6.03 Å². The van der Waals surface area contributed by atoms with Crippen LogP contribution in [0.5, 0.6) is 0 Å². The van der Waals surface area contributed by atoms with Crippen LogP contribution in [0.3, 0.4) is 0 Å². The van der Waals surface area contributed by atoms with Crippen LogP contribution in [0.15, 0.2) is 65.8 Å². The van der Waals surface area contributed by atoms with Crippen molar-refractivity contribution >= 4 is 34.9 Å². The monoisotopic (exact) mass is 402 g/mol.